The van der Waals surface area contributed by atoms with Crippen molar-refractivity contribution in [3.8, 4) is 0 Å². The number of anilines is 1. The zero-order valence-corrected chi connectivity index (χ0v) is 9.24. The van der Waals surface area contributed by atoms with Crippen LogP contribution in [0.15, 0.2) is 6.07 Å². The van der Waals surface area contributed by atoms with Crippen LogP contribution in [0, 0.1) is 13.8 Å². The number of hydrogen-bond acceptors (Lipinski definition) is 4. The molecule has 0 saturated heterocycles. The summed E-state index contributed by atoms with van der Waals surface area (Å²) in [4.78, 5) is 19.0. The van der Waals surface area contributed by atoms with Gasteiger partial charge in [0, 0.05) is 24.2 Å². The van der Waals surface area contributed by atoms with Gasteiger partial charge in [0.05, 0.1) is 0 Å². The van der Waals surface area contributed by atoms with Crippen LogP contribution >= 0.6 is 0 Å². The average Bonchev–Trinajstić information content (AvgIpc) is 1.98. The number of aromatic nitrogens is 2. The molecule has 15 heavy (non-hydrogen) atoms. The summed E-state index contributed by atoms with van der Waals surface area (Å²) in [7, 11) is 0. The number of carbonyl (C=O) groups excluding carboxylic acids is 1. The zero-order chi connectivity index (χ0) is 11.4. The van der Waals surface area contributed by atoms with Crippen molar-refractivity contribution in [1.82, 2.24) is 9.97 Å². The fourth-order valence-corrected chi connectivity index (χ4v) is 1.40. The fraction of sp³-hybridized carbons (Fsp3) is 0.500. The number of nitrogens with two attached hydrogens (primary N) is 1. The van der Waals surface area contributed by atoms with Gasteiger partial charge in [-0.05, 0) is 20.8 Å². The lowest BCUT2D eigenvalue weighted by Crippen LogP contribution is -2.24. The third-order valence-corrected chi connectivity index (χ3v) is 1.87. The quantitative estimate of drug-likeness (QED) is 0.765. The number of nitrogens with one attached hydrogen (secondary N) is 1. The molecule has 3 N–H and O–H groups in total. The molecule has 0 spiro atoms. The molecule has 5 heteroatoms. The molecule has 1 aromatic rings. The average molecular weight is 208 g/mol. The third kappa shape index (κ3) is 3.93. The van der Waals surface area contributed by atoms with Crippen LogP contribution in [0.1, 0.15) is 24.9 Å². The van der Waals surface area contributed by atoms with Crippen LogP contribution in [0.5, 0.6) is 0 Å². The lowest BCUT2D eigenvalue weighted by Gasteiger charge is -2.13. The molecule has 0 aliphatic heterocycles. The predicted molar refractivity (Wildman–Crippen MR) is 58.4 cm³/mol. The normalized spacial score (nSPS) is 12.2. The van der Waals surface area contributed by atoms with Crippen LogP contribution in [0.4, 0.5) is 5.82 Å². The fourth-order valence-electron chi connectivity index (χ4n) is 1.40. The van der Waals surface area contributed by atoms with Crippen LogP contribution in [0.3, 0.4) is 0 Å². The Morgan fingerprint density at radius 3 is 2.73 bits per heavy atom. The lowest BCUT2D eigenvalue weighted by molar-refractivity contribution is -0.118. The van der Waals surface area contributed by atoms with Crippen molar-refractivity contribution in [2.75, 3.05) is 5.32 Å². The van der Waals surface area contributed by atoms with Crippen molar-refractivity contribution in [2.24, 2.45) is 5.73 Å². The molecule has 0 fully saturated rings. The van der Waals surface area contributed by atoms with Gasteiger partial charge in [-0.25, -0.2) is 9.97 Å². The highest BCUT2D eigenvalue weighted by atomic mass is 16.1. The standard InChI is InChI=1S/C10H16N4O/c1-6(4-9(11)15)13-10-5-7(2)12-8(3)14-10/h5-6H,4H2,1-3H3,(H2,11,15)(H,12,13,14). The maximum absolute atomic E-state index is 10.7. The van der Waals surface area contributed by atoms with Crippen molar-refractivity contribution < 1.29 is 4.79 Å². The molecule has 0 aliphatic rings. The molecule has 0 saturated carbocycles. The van der Waals surface area contributed by atoms with E-state index >= 15 is 0 Å². The smallest absolute Gasteiger partial charge is 0.219 e. The minimum Gasteiger partial charge on any atom is -0.370 e. The molecule has 1 aromatic heterocycles. The molecule has 0 aromatic carbocycles. The number of nitrogens with zero attached hydrogens (tertiary/aromatic N) is 2. The highest BCUT2D eigenvalue weighted by molar-refractivity contribution is 5.74. The molecule has 1 unspecified atom stereocenters. The molecular weight excluding hydrogens is 192 g/mol. The van der Waals surface area contributed by atoms with E-state index in [0.29, 0.717) is 12.2 Å². The second kappa shape index (κ2) is 4.72. The summed E-state index contributed by atoms with van der Waals surface area (Å²) >= 11 is 0. The van der Waals surface area contributed by atoms with E-state index in [9.17, 15) is 4.79 Å². The zero-order valence-electron chi connectivity index (χ0n) is 9.24. The largest absolute Gasteiger partial charge is 0.370 e. The van der Waals surface area contributed by atoms with Gasteiger partial charge in [0.15, 0.2) is 0 Å². The van der Waals surface area contributed by atoms with E-state index in [1.165, 1.54) is 0 Å². The Balaban J connectivity index is 2.67. The molecular formula is C10H16N4O. The number of carbonyl (C=O) groups is 1. The second-order valence-corrected chi connectivity index (χ2v) is 3.66. The molecule has 1 heterocycles. The van der Waals surface area contributed by atoms with Crippen LogP contribution in [0.25, 0.3) is 0 Å². The summed E-state index contributed by atoms with van der Waals surface area (Å²) in [5.74, 6) is 1.12. The highest BCUT2D eigenvalue weighted by Gasteiger charge is 2.07. The predicted octanol–water partition coefficient (Wildman–Crippen LogP) is 0.769. The summed E-state index contributed by atoms with van der Waals surface area (Å²) < 4.78 is 0. The monoisotopic (exact) mass is 208 g/mol. The van der Waals surface area contributed by atoms with Gasteiger partial charge in [-0.1, -0.05) is 0 Å². The molecule has 5 nitrogen and oxygen atoms in total. The summed E-state index contributed by atoms with van der Waals surface area (Å²) in [6, 6.07) is 1.82. The minimum atomic E-state index is -0.322. The lowest BCUT2D eigenvalue weighted by atomic mass is 10.2. The van der Waals surface area contributed by atoms with Crippen molar-refractivity contribution in [3.63, 3.8) is 0 Å². The summed E-state index contributed by atoms with van der Waals surface area (Å²) in [5.41, 5.74) is 5.99. The topological polar surface area (TPSA) is 80.9 Å². The Bertz CT molecular complexity index is 344. The van der Waals surface area contributed by atoms with E-state index in [2.05, 4.69) is 15.3 Å². The van der Waals surface area contributed by atoms with Gasteiger partial charge >= 0.3 is 0 Å². The first-order chi connectivity index (χ1) is 6.97. The molecule has 1 atom stereocenters. The van der Waals surface area contributed by atoms with Crippen molar-refractivity contribution in [2.45, 2.75) is 33.2 Å². The number of aryl methyl sites for hydroxylation is 2. The van der Waals surface area contributed by atoms with E-state index in [1.807, 2.05) is 26.8 Å². The van der Waals surface area contributed by atoms with Crippen LogP contribution in [-0.2, 0) is 4.79 Å². The molecule has 1 amide bonds. The van der Waals surface area contributed by atoms with Gasteiger partial charge in [0.2, 0.25) is 5.91 Å². The van der Waals surface area contributed by atoms with Crippen LogP contribution in [0.2, 0.25) is 0 Å². The van der Waals surface area contributed by atoms with Gasteiger partial charge in [0.25, 0.3) is 0 Å². The first-order valence-corrected chi connectivity index (χ1v) is 4.84. The van der Waals surface area contributed by atoms with Crippen LogP contribution in [-0.4, -0.2) is 21.9 Å². The second-order valence-electron chi connectivity index (χ2n) is 3.66. The van der Waals surface area contributed by atoms with Gasteiger partial charge in [0.1, 0.15) is 11.6 Å². The van der Waals surface area contributed by atoms with E-state index < -0.39 is 0 Å². The molecule has 0 bridgehead atoms. The highest BCUT2D eigenvalue weighted by Crippen LogP contribution is 2.08. The molecule has 0 radical (unpaired) electrons. The Morgan fingerprint density at radius 2 is 2.20 bits per heavy atom. The van der Waals surface area contributed by atoms with Gasteiger partial charge in [-0.15, -0.1) is 0 Å². The SMILES string of the molecule is Cc1cc(NC(C)CC(N)=O)nc(C)n1. The Hall–Kier alpha value is -1.65. The molecule has 1 rings (SSSR count). The first-order valence-electron chi connectivity index (χ1n) is 4.84. The van der Waals surface area contributed by atoms with E-state index in [4.69, 9.17) is 5.73 Å². The first kappa shape index (κ1) is 11.4. The van der Waals surface area contributed by atoms with E-state index in [-0.39, 0.29) is 11.9 Å². The van der Waals surface area contributed by atoms with Crippen molar-refractivity contribution >= 4 is 11.7 Å². The van der Waals surface area contributed by atoms with Crippen molar-refractivity contribution in [1.29, 1.82) is 0 Å². The van der Waals surface area contributed by atoms with Gasteiger partial charge in [-0.3, -0.25) is 4.79 Å². The number of hydrogen-bond donors (Lipinski definition) is 2. The minimum absolute atomic E-state index is 0.0174. The molecule has 0 aliphatic carbocycles. The Morgan fingerprint density at radius 1 is 1.53 bits per heavy atom. The molecule has 82 valence electrons. The van der Waals surface area contributed by atoms with E-state index in [0.717, 1.165) is 11.5 Å². The number of rotatable bonds is 4. The Kier molecular flexibility index (Phi) is 3.60. The van der Waals surface area contributed by atoms with E-state index in [1.54, 1.807) is 0 Å². The third-order valence-electron chi connectivity index (χ3n) is 1.87. The summed E-state index contributed by atoms with van der Waals surface area (Å²) in [5, 5.41) is 3.10. The summed E-state index contributed by atoms with van der Waals surface area (Å²) in [6.07, 6.45) is 0.294. The maximum atomic E-state index is 10.7. The van der Waals surface area contributed by atoms with Crippen molar-refractivity contribution in [3.05, 3.63) is 17.6 Å². The maximum Gasteiger partial charge on any atom is 0.219 e. The van der Waals surface area contributed by atoms with Crippen LogP contribution < -0.4 is 11.1 Å². The number of amides is 1. The number of primary amides is 1. The summed E-state index contributed by atoms with van der Waals surface area (Å²) in [6.45, 7) is 5.62. The Labute approximate surface area is 89.1 Å². The van der Waals surface area contributed by atoms with Gasteiger partial charge < -0.3 is 11.1 Å². The van der Waals surface area contributed by atoms with Gasteiger partial charge in [-0.2, -0.15) is 0 Å².